The number of amides is 1. The molecule has 7 heteroatoms. The Morgan fingerprint density at radius 1 is 1.27 bits per heavy atom. The molecule has 0 bridgehead atoms. The van der Waals surface area contributed by atoms with Crippen molar-refractivity contribution in [1.29, 1.82) is 0 Å². The Hall–Kier alpha value is -2.41. The van der Waals surface area contributed by atoms with Crippen LogP contribution < -0.4 is 5.32 Å². The van der Waals surface area contributed by atoms with Crippen LogP contribution in [0.2, 0.25) is 0 Å². The lowest BCUT2D eigenvalue weighted by molar-refractivity contribution is -0.385. The number of carbonyl (C=O) groups is 1. The number of aryl methyl sites for hydroxylation is 1. The molecule has 0 unspecified atom stereocenters. The van der Waals surface area contributed by atoms with Gasteiger partial charge in [-0.15, -0.1) is 11.8 Å². The van der Waals surface area contributed by atoms with E-state index < -0.39 is 16.6 Å². The molecular formula is C15H13FN2O3S. The summed E-state index contributed by atoms with van der Waals surface area (Å²) in [6, 6.07) is 8.53. The predicted molar refractivity (Wildman–Crippen MR) is 84.0 cm³/mol. The maximum atomic E-state index is 13.7. The lowest BCUT2D eigenvalue weighted by Gasteiger charge is -2.08. The number of benzene rings is 2. The van der Waals surface area contributed by atoms with Crippen LogP contribution in [0.15, 0.2) is 41.3 Å². The third-order valence-corrected chi connectivity index (χ3v) is 3.74. The maximum absolute atomic E-state index is 13.7. The third kappa shape index (κ3) is 3.43. The SMILES string of the molecule is CSc1ccc([N+](=O)[O-])c(C(=O)Nc2cc(C)ccc2F)c1. The Morgan fingerprint density at radius 2 is 2.00 bits per heavy atom. The van der Waals surface area contributed by atoms with E-state index >= 15 is 0 Å². The molecule has 2 rings (SSSR count). The van der Waals surface area contributed by atoms with Gasteiger partial charge < -0.3 is 5.32 Å². The van der Waals surface area contributed by atoms with Crippen LogP contribution in [0.3, 0.4) is 0 Å². The summed E-state index contributed by atoms with van der Waals surface area (Å²) in [7, 11) is 0. The van der Waals surface area contributed by atoms with Crippen LogP contribution in [0.1, 0.15) is 15.9 Å². The number of nitrogens with zero attached hydrogens (tertiary/aromatic N) is 1. The first-order valence-corrected chi connectivity index (χ1v) is 7.55. The molecule has 0 saturated carbocycles. The Labute approximate surface area is 130 Å². The fraction of sp³-hybridized carbons (Fsp3) is 0.133. The van der Waals surface area contributed by atoms with Gasteiger partial charge in [-0.05, 0) is 43.0 Å². The number of hydrogen-bond donors (Lipinski definition) is 1. The number of nitrogens with one attached hydrogen (secondary N) is 1. The highest BCUT2D eigenvalue weighted by molar-refractivity contribution is 7.98. The van der Waals surface area contributed by atoms with Crippen molar-refractivity contribution in [2.75, 3.05) is 11.6 Å². The van der Waals surface area contributed by atoms with Crippen LogP contribution in [-0.2, 0) is 0 Å². The van der Waals surface area contributed by atoms with Crippen LogP contribution >= 0.6 is 11.8 Å². The van der Waals surface area contributed by atoms with Crippen molar-refractivity contribution in [1.82, 2.24) is 0 Å². The Kier molecular flexibility index (Phi) is 4.77. The molecule has 5 nitrogen and oxygen atoms in total. The minimum atomic E-state index is -0.716. The average molecular weight is 320 g/mol. The van der Waals surface area contributed by atoms with Gasteiger partial charge in [-0.1, -0.05) is 6.07 Å². The van der Waals surface area contributed by atoms with E-state index in [4.69, 9.17) is 0 Å². The van der Waals surface area contributed by atoms with Crippen molar-refractivity contribution >= 4 is 29.0 Å². The molecule has 1 N–H and O–H groups in total. The summed E-state index contributed by atoms with van der Waals surface area (Å²) in [5, 5.41) is 13.4. The quantitative estimate of drug-likeness (QED) is 0.525. The maximum Gasteiger partial charge on any atom is 0.282 e. The van der Waals surface area contributed by atoms with E-state index in [9.17, 15) is 19.3 Å². The van der Waals surface area contributed by atoms with Crippen LogP contribution in [0.4, 0.5) is 15.8 Å². The van der Waals surface area contributed by atoms with Gasteiger partial charge in [0.15, 0.2) is 0 Å². The van der Waals surface area contributed by atoms with Crippen LogP contribution in [0, 0.1) is 22.9 Å². The summed E-state index contributed by atoms with van der Waals surface area (Å²) < 4.78 is 13.7. The zero-order valence-corrected chi connectivity index (χ0v) is 12.7. The van der Waals surface area contributed by atoms with Crippen molar-refractivity contribution in [2.24, 2.45) is 0 Å². The fourth-order valence-corrected chi connectivity index (χ4v) is 2.35. The first kappa shape index (κ1) is 16.0. The molecule has 1 amide bonds. The number of halogens is 1. The standard InChI is InChI=1S/C15H13FN2O3S/c1-9-3-5-12(16)13(7-9)17-15(19)11-8-10(22-2)4-6-14(11)18(20)21/h3-8H,1-2H3,(H,17,19). The van der Waals surface area contributed by atoms with Gasteiger partial charge in [0.05, 0.1) is 10.6 Å². The second-order valence-corrected chi connectivity index (χ2v) is 5.46. The van der Waals surface area contributed by atoms with E-state index in [1.54, 1.807) is 25.3 Å². The largest absolute Gasteiger partial charge is 0.319 e. The highest BCUT2D eigenvalue weighted by Crippen LogP contribution is 2.26. The average Bonchev–Trinajstić information content (AvgIpc) is 2.50. The molecule has 0 aliphatic carbocycles. The van der Waals surface area contributed by atoms with Gasteiger partial charge in [0.25, 0.3) is 11.6 Å². The molecule has 0 saturated heterocycles. The van der Waals surface area contributed by atoms with E-state index in [-0.39, 0.29) is 16.9 Å². The molecule has 0 heterocycles. The van der Waals surface area contributed by atoms with E-state index in [1.165, 1.54) is 36.0 Å². The van der Waals surface area contributed by atoms with Gasteiger partial charge in [0.1, 0.15) is 11.4 Å². The van der Waals surface area contributed by atoms with Crippen molar-refractivity contribution < 1.29 is 14.1 Å². The molecule has 0 atom stereocenters. The minimum absolute atomic E-state index is 0.00569. The number of hydrogen-bond acceptors (Lipinski definition) is 4. The lowest BCUT2D eigenvalue weighted by atomic mass is 10.1. The summed E-state index contributed by atoms with van der Waals surface area (Å²) in [4.78, 5) is 23.4. The zero-order chi connectivity index (χ0) is 16.3. The molecule has 0 aromatic heterocycles. The van der Waals surface area contributed by atoms with Gasteiger partial charge >= 0.3 is 0 Å². The summed E-state index contributed by atoms with van der Waals surface area (Å²) in [5.41, 5.74) is 0.346. The van der Waals surface area contributed by atoms with Gasteiger partial charge in [-0.3, -0.25) is 14.9 Å². The fourth-order valence-electron chi connectivity index (χ4n) is 1.91. The second kappa shape index (κ2) is 6.57. The minimum Gasteiger partial charge on any atom is -0.319 e. The molecule has 22 heavy (non-hydrogen) atoms. The van der Waals surface area contributed by atoms with Gasteiger partial charge in [0, 0.05) is 11.0 Å². The molecule has 2 aromatic carbocycles. The second-order valence-electron chi connectivity index (χ2n) is 4.58. The van der Waals surface area contributed by atoms with E-state index in [2.05, 4.69) is 5.32 Å². The zero-order valence-electron chi connectivity index (χ0n) is 11.9. The van der Waals surface area contributed by atoms with Crippen LogP contribution in [-0.4, -0.2) is 17.1 Å². The molecule has 2 aromatic rings. The first-order valence-electron chi connectivity index (χ1n) is 6.32. The molecule has 0 fully saturated rings. The van der Waals surface area contributed by atoms with E-state index in [0.29, 0.717) is 4.90 Å². The van der Waals surface area contributed by atoms with E-state index in [0.717, 1.165) is 5.56 Å². The smallest absolute Gasteiger partial charge is 0.282 e. The van der Waals surface area contributed by atoms with Gasteiger partial charge in [-0.2, -0.15) is 0 Å². The summed E-state index contributed by atoms with van der Waals surface area (Å²) >= 11 is 1.36. The van der Waals surface area contributed by atoms with Crippen LogP contribution in [0.5, 0.6) is 0 Å². The molecular weight excluding hydrogens is 307 g/mol. The van der Waals surface area contributed by atoms with Crippen molar-refractivity contribution in [2.45, 2.75) is 11.8 Å². The normalized spacial score (nSPS) is 10.3. The molecule has 0 spiro atoms. The van der Waals surface area contributed by atoms with Crippen LogP contribution in [0.25, 0.3) is 0 Å². The Balaban J connectivity index is 2.40. The van der Waals surface area contributed by atoms with Gasteiger partial charge in [0.2, 0.25) is 0 Å². The predicted octanol–water partition coefficient (Wildman–Crippen LogP) is 4.02. The number of anilines is 1. The van der Waals surface area contributed by atoms with Crippen molar-refractivity contribution in [3.05, 3.63) is 63.5 Å². The third-order valence-electron chi connectivity index (χ3n) is 3.02. The van der Waals surface area contributed by atoms with Crippen molar-refractivity contribution in [3.63, 3.8) is 0 Å². The number of rotatable bonds is 4. The van der Waals surface area contributed by atoms with E-state index in [1.807, 2.05) is 0 Å². The number of thioether (sulfide) groups is 1. The highest BCUT2D eigenvalue weighted by atomic mass is 32.2. The Morgan fingerprint density at radius 3 is 2.64 bits per heavy atom. The monoisotopic (exact) mass is 320 g/mol. The Bertz CT molecular complexity index is 750. The molecule has 0 radical (unpaired) electrons. The van der Waals surface area contributed by atoms with Crippen molar-refractivity contribution in [3.8, 4) is 0 Å². The topological polar surface area (TPSA) is 72.2 Å². The summed E-state index contributed by atoms with van der Waals surface area (Å²) in [6.07, 6.45) is 1.79. The molecule has 0 aliphatic heterocycles. The number of carbonyl (C=O) groups excluding carboxylic acids is 1. The summed E-state index contributed by atoms with van der Waals surface area (Å²) in [6.45, 7) is 1.76. The lowest BCUT2D eigenvalue weighted by Crippen LogP contribution is -2.15. The molecule has 114 valence electrons. The number of nitro groups is 1. The van der Waals surface area contributed by atoms with Gasteiger partial charge in [-0.25, -0.2) is 4.39 Å². The number of nitro benzene ring substituents is 1. The highest BCUT2D eigenvalue weighted by Gasteiger charge is 2.21. The summed E-state index contributed by atoms with van der Waals surface area (Å²) in [5.74, 6) is -1.31. The molecule has 0 aliphatic rings. The first-order chi connectivity index (χ1) is 10.4.